The van der Waals surface area contributed by atoms with Crippen molar-refractivity contribution in [3.8, 4) is 0 Å². The molecule has 2 heterocycles. The Morgan fingerprint density at radius 3 is 2.00 bits per heavy atom. The van der Waals surface area contributed by atoms with Crippen LogP contribution in [0.1, 0.15) is 59.9 Å². The number of rotatable bonds is 18. The smallest absolute Gasteiger partial charge is 0.335 e. The number of carbonyl (C=O) groups is 3. The van der Waals surface area contributed by atoms with Gasteiger partial charge >= 0.3 is 5.97 Å². The first-order chi connectivity index (χ1) is 22.6. The van der Waals surface area contributed by atoms with E-state index in [0.717, 1.165) is 23.5 Å². The van der Waals surface area contributed by atoms with Crippen molar-refractivity contribution in [2.75, 3.05) is 37.9 Å². The molecule has 0 radical (unpaired) electrons. The summed E-state index contributed by atoms with van der Waals surface area (Å²) in [6, 6.07) is 22.1. The third-order valence-corrected chi connectivity index (χ3v) is 7.53. The Labute approximate surface area is 274 Å². The fourth-order valence-electron chi connectivity index (χ4n) is 4.67. The van der Waals surface area contributed by atoms with Crippen LogP contribution in [-0.4, -0.2) is 79.4 Å². The normalized spacial score (nSPS) is 17.2. The second kappa shape index (κ2) is 15.6. The molecule has 2 unspecified atom stereocenters. The van der Waals surface area contributed by atoms with E-state index in [2.05, 4.69) is 24.2 Å². The molecule has 2 fully saturated rings. The standard InChI is InChI=1S/C36H40N2O9/c1-4-24-7-13-27(14-8-24)38(29-17-11-26(12-18-29)35(41)36(2,3)42)28-15-9-25(10-16-28)34(40)31(22-43-20-30-21-45-30)37-47-32(39)6-5-19-44-33-23-46-33/h7-18,30,33,42H,4-6,19-23H2,1-3H3/b37-31+. The molecule has 0 amide bonds. The van der Waals surface area contributed by atoms with Crippen molar-refractivity contribution in [2.45, 2.75) is 58.0 Å². The molecule has 3 aromatic rings. The molecule has 0 aliphatic carbocycles. The van der Waals surface area contributed by atoms with Crippen LogP contribution in [0.3, 0.4) is 0 Å². The third kappa shape index (κ3) is 9.87. The second-order valence-electron chi connectivity index (χ2n) is 11.9. The molecule has 0 saturated carbocycles. The van der Waals surface area contributed by atoms with Crippen molar-refractivity contribution in [3.05, 3.63) is 89.5 Å². The van der Waals surface area contributed by atoms with Crippen molar-refractivity contribution in [2.24, 2.45) is 5.16 Å². The van der Waals surface area contributed by atoms with Gasteiger partial charge in [-0.15, -0.1) is 0 Å². The average Bonchev–Trinajstić information content (AvgIpc) is 4.01. The topological polar surface area (TPSA) is 140 Å². The van der Waals surface area contributed by atoms with E-state index in [1.54, 1.807) is 24.3 Å². The van der Waals surface area contributed by atoms with E-state index in [0.29, 0.717) is 44.0 Å². The van der Waals surface area contributed by atoms with Crippen molar-refractivity contribution in [3.63, 3.8) is 0 Å². The molecule has 1 N–H and O–H groups in total. The molecule has 2 saturated heterocycles. The highest BCUT2D eigenvalue weighted by Crippen LogP contribution is 2.35. The number of Topliss-reactive ketones (excluding diaryl/α,β-unsaturated/α-hetero) is 2. The van der Waals surface area contributed by atoms with E-state index in [4.69, 9.17) is 23.8 Å². The minimum atomic E-state index is -1.49. The number of aryl methyl sites for hydroxylation is 1. The minimum Gasteiger partial charge on any atom is -0.382 e. The number of ether oxygens (including phenoxy) is 4. The number of aliphatic hydroxyl groups is 1. The first-order valence-electron chi connectivity index (χ1n) is 15.7. The lowest BCUT2D eigenvalue weighted by atomic mass is 9.96. The van der Waals surface area contributed by atoms with Crippen LogP contribution >= 0.6 is 0 Å². The largest absolute Gasteiger partial charge is 0.382 e. The molecular weight excluding hydrogens is 604 g/mol. The van der Waals surface area contributed by atoms with Gasteiger partial charge in [0.1, 0.15) is 18.3 Å². The van der Waals surface area contributed by atoms with E-state index in [9.17, 15) is 19.5 Å². The van der Waals surface area contributed by atoms with Crippen LogP contribution in [0.25, 0.3) is 0 Å². The highest BCUT2D eigenvalue weighted by atomic mass is 16.8. The Balaban J connectivity index is 1.34. The van der Waals surface area contributed by atoms with Crippen LogP contribution in [0, 0.1) is 0 Å². The van der Waals surface area contributed by atoms with E-state index in [-0.39, 0.29) is 36.9 Å². The quantitative estimate of drug-likeness (QED) is 0.0483. The number of nitrogens with zero attached hydrogens (tertiary/aromatic N) is 2. The molecule has 0 bridgehead atoms. The van der Waals surface area contributed by atoms with Gasteiger partial charge in [-0.1, -0.05) is 24.2 Å². The minimum absolute atomic E-state index is 0.0108. The predicted octanol–water partition coefficient (Wildman–Crippen LogP) is 5.32. The summed E-state index contributed by atoms with van der Waals surface area (Å²) in [6.45, 7) is 6.68. The summed E-state index contributed by atoms with van der Waals surface area (Å²) in [6.07, 6.45) is 1.21. The van der Waals surface area contributed by atoms with E-state index >= 15 is 0 Å². The van der Waals surface area contributed by atoms with E-state index in [1.165, 1.54) is 19.4 Å². The van der Waals surface area contributed by atoms with E-state index < -0.39 is 17.4 Å². The van der Waals surface area contributed by atoms with Gasteiger partial charge in [-0.25, -0.2) is 4.79 Å². The number of benzene rings is 3. The van der Waals surface area contributed by atoms with Gasteiger partial charge < -0.3 is 33.8 Å². The number of hydrogen-bond acceptors (Lipinski definition) is 11. The molecule has 47 heavy (non-hydrogen) atoms. The van der Waals surface area contributed by atoms with Gasteiger partial charge in [0.15, 0.2) is 17.8 Å². The maximum atomic E-state index is 13.5. The molecule has 248 valence electrons. The second-order valence-corrected chi connectivity index (χ2v) is 11.9. The molecule has 2 atom stereocenters. The fraction of sp³-hybridized carbons (Fsp3) is 0.389. The van der Waals surface area contributed by atoms with Crippen LogP contribution < -0.4 is 4.90 Å². The highest BCUT2D eigenvalue weighted by molar-refractivity contribution is 6.46. The van der Waals surface area contributed by atoms with Crippen LogP contribution in [0.2, 0.25) is 0 Å². The van der Waals surface area contributed by atoms with Crippen LogP contribution in [-0.2, 0) is 35.0 Å². The molecule has 5 rings (SSSR count). The molecule has 0 spiro atoms. The Bertz CT molecular complexity index is 1550. The highest BCUT2D eigenvalue weighted by Gasteiger charge is 2.27. The number of ketones is 2. The SMILES string of the molecule is CCc1ccc(N(c2ccc(C(=O)/C(COCC3CO3)=N/OC(=O)CCCOC3CO3)cc2)c2ccc(C(=O)C(C)(C)O)cc2)cc1. The van der Waals surface area contributed by atoms with Gasteiger partial charge in [0.05, 0.1) is 32.8 Å². The Kier molecular flexibility index (Phi) is 11.3. The first kappa shape index (κ1) is 34.1. The van der Waals surface area contributed by atoms with E-state index in [1.807, 2.05) is 41.3 Å². The monoisotopic (exact) mass is 644 g/mol. The number of anilines is 3. The zero-order chi connectivity index (χ0) is 33.4. The number of oxime groups is 1. The maximum Gasteiger partial charge on any atom is 0.335 e. The van der Waals surface area contributed by atoms with Gasteiger partial charge in [-0.05, 0) is 92.9 Å². The Morgan fingerprint density at radius 2 is 1.47 bits per heavy atom. The van der Waals surface area contributed by atoms with Gasteiger partial charge in [0.25, 0.3) is 0 Å². The molecular formula is C36H40N2O9. The summed E-state index contributed by atoms with van der Waals surface area (Å²) in [7, 11) is 0. The fourth-order valence-corrected chi connectivity index (χ4v) is 4.67. The maximum absolute atomic E-state index is 13.5. The lowest BCUT2D eigenvalue weighted by molar-refractivity contribution is -0.144. The molecule has 3 aromatic carbocycles. The van der Waals surface area contributed by atoms with Crippen molar-refractivity contribution in [1.29, 1.82) is 0 Å². The molecule has 11 heteroatoms. The summed E-state index contributed by atoms with van der Waals surface area (Å²) in [4.78, 5) is 45.5. The summed E-state index contributed by atoms with van der Waals surface area (Å²) < 4.78 is 21.1. The Morgan fingerprint density at radius 1 is 0.894 bits per heavy atom. The van der Waals surface area contributed by atoms with Crippen LogP contribution in [0.4, 0.5) is 17.1 Å². The summed E-state index contributed by atoms with van der Waals surface area (Å²) in [5.41, 5.74) is 2.80. The van der Waals surface area contributed by atoms with Crippen molar-refractivity contribution in [1.82, 2.24) is 0 Å². The molecule has 2 aliphatic heterocycles. The average molecular weight is 645 g/mol. The summed E-state index contributed by atoms with van der Waals surface area (Å²) >= 11 is 0. The lowest BCUT2D eigenvalue weighted by Crippen LogP contribution is -2.31. The molecule has 0 aromatic heterocycles. The number of hydrogen-bond donors (Lipinski definition) is 1. The summed E-state index contributed by atoms with van der Waals surface area (Å²) in [5.74, 6) is -1.40. The van der Waals surface area contributed by atoms with Crippen LogP contribution in [0.15, 0.2) is 78.0 Å². The summed E-state index contributed by atoms with van der Waals surface area (Å²) in [5, 5.41) is 14.1. The van der Waals surface area contributed by atoms with Crippen LogP contribution in [0.5, 0.6) is 0 Å². The van der Waals surface area contributed by atoms with Gasteiger partial charge in [0, 0.05) is 28.2 Å². The van der Waals surface area contributed by atoms with Gasteiger partial charge in [-0.3, -0.25) is 9.59 Å². The zero-order valence-corrected chi connectivity index (χ0v) is 26.8. The van der Waals surface area contributed by atoms with Crippen molar-refractivity contribution < 1.29 is 43.3 Å². The molecule has 2 aliphatic rings. The molecule has 11 nitrogen and oxygen atoms in total. The number of carbonyl (C=O) groups excluding carboxylic acids is 3. The Hall–Kier alpha value is -4.26. The van der Waals surface area contributed by atoms with Crippen molar-refractivity contribution >= 4 is 40.3 Å². The number of epoxide rings is 2. The van der Waals surface area contributed by atoms with Gasteiger partial charge in [0.2, 0.25) is 5.78 Å². The lowest BCUT2D eigenvalue weighted by Gasteiger charge is -2.26. The first-order valence-corrected chi connectivity index (χ1v) is 15.7. The third-order valence-electron chi connectivity index (χ3n) is 7.53. The predicted molar refractivity (Wildman–Crippen MR) is 174 cm³/mol. The van der Waals surface area contributed by atoms with Gasteiger partial charge in [-0.2, -0.15) is 0 Å². The zero-order valence-electron chi connectivity index (χ0n) is 26.8.